The number of aliphatic hydroxyl groups excluding tert-OH is 1. The van der Waals surface area contributed by atoms with Crippen LogP contribution in [-0.2, 0) is 10.0 Å². The number of hydrogen-bond donors (Lipinski definition) is 1. The number of sulfonamides is 1. The molecule has 1 aliphatic heterocycles. The second kappa shape index (κ2) is 4.72. The molecule has 0 aliphatic carbocycles. The van der Waals surface area contributed by atoms with Crippen LogP contribution in [-0.4, -0.2) is 42.0 Å². The minimum Gasteiger partial charge on any atom is -0.393 e. The van der Waals surface area contributed by atoms with Crippen molar-refractivity contribution in [2.24, 2.45) is 5.92 Å². The fourth-order valence-corrected chi connectivity index (χ4v) is 3.44. The average Bonchev–Trinajstić information content (AvgIpc) is 2.80. The molecule has 6 heteroatoms. The molecule has 1 aromatic rings. The summed E-state index contributed by atoms with van der Waals surface area (Å²) in [6.45, 7) is 2.52. The van der Waals surface area contributed by atoms with Gasteiger partial charge in [0.15, 0.2) is 5.03 Å². The number of rotatable bonds is 3. The van der Waals surface area contributed by atoms with Gasteiger partial charge in [-0.3, -0.25) is 0 Å². The summed E-state index contributed by atoms with van der Waals surface area (Å²) >= 11 is 0. The molecule has 0 amide bonds. The number of nitrogens with zero attached hydrogens (tertiary/aromatic N) is 2. The van der Waals surface area contributed by atoms with Crippen molar-refractivity contribution < 1.29 is 13.5 Å². The second-order valence-electron chi connectivity index (χ2n) is 4.32. The lowest BCUT2D eigenvalue weighted by Gasteiger charge is -2.16. The maximum Gasteiger partial charge on any atom is 0.260 e. The largest absolute Gasteiger partial charge is 0.393 e. The van der Waals surface area contributed by atoms with Crippen molar-refractivity contribution in [1.29, 1.82) is 0 Å². The minimum absolute atomic E-state index is 0.0217. The molecule has 0 radical (unpaired) electrons. The van der Waals surface area contributed by atoms with Crippen LogP contribution in [0.5, 0.6) is 0 Å². The van der Waals surface area contributed by atoms with E-state index < -0.39 is 16.1 Å². The van der Waals surface area contributed by atoms with Crippen LogP contribution in [0.25, 0.3) is 0 Å². The summed E-state index contributed by atoms with van der Waals surface area (Å²) in [5.74, 6) is 0.0217. The van der Waals surface area contributed by atoms with Crippen LogP contribution >= 0.6 is 0 Å². The average molecular weight is 256 g/mol. The molecule has 0 saturated carbocycles. The zero-order valence-electron chi connectivity index (χ0n) is 9.65. The molecule has 5 nitrogen and oxygen atoms in total. The highest BCUT2D eigenvalue weighted by molar-refractivity contribution is 7.89. The number of hydrogen-bond acceptors (Lipinski definition) is 4. The summed E-state index contributed by atoms with van der Waals surface area (Å²) < 4.78 is 25.8. The Hall–Kier alpha value is -0.980. The molecule has 1 aromatic heterocycles. The molecule has 2 rings (SSSR count). The van der Waals surface area contributed by atoms with Crippen molar-refractivity contribution in [3.8, 4) is 0 Å². The van der Waals surface area contributed by atoms with Crippen molar-refractivity contribution >= 4 is 10.0 Å². The summed E-state index contributed by atoms with van der Waals surface area (Å²) in [5.41, 5.74) is 0. The highest BCUT2D eigenvalue weighted by Crippen LogP contribution is 2.25. The molecular formula is C11H16N2O3S. The molecule has 0 spiro atoms. The van der Waals surface area contributed by atoms with Crippen LogP contribution in [0.2, 0.25) is 0 Å². The van der Waals surface area contributed by atoms with E-state index in [4.69, 9.17) is 0 Å². The molecule has 0 bridgehead atoms. The van der Waals surface area contributed by atoms with Gasteiger partial charge in [0, 0.05) is 19.3 Å². The van der Waals surface area contributed by atoms with Crippen molar-refractivity contribution in [3.05, 3.63) is 24.4 Å². The smallest absolute Gasteiger partial charge is 0.260 e. The Bertz CT molecular complexity index is 473. The quantitative estimate of drug-likeness (QED) is 0.853. The number of aromatic nitrogens is 1. The van der Waals surface area contributed by atoms with Crippen molar-refractivity contribution in [2.75, 3.05) is 13.1 Å². The fraction of sp³-hybridized carbons (Fsp3) is 0.545. The van der Waals surface area contributed by atoms with Gasteiger partial charge in [-0.05, 0) is 31.4 Å². The van der Waals surface area contributed by atoms with E-state index >= 15 is 0 Å². The summed E-state index contributed by atoms with van der Waals surface area (Å²) in [6.07, 6.45) is 1.69. The monoisotopic (exact) mass is 256 g/mol. The van der Waals surface area contributed by atoms with Crippen LogP contribution in [0, 0.1) is 5.92 Å². The normalized spacial score (nSPS) is 23.8. The highest BCUT2D eigenvalue weighted by atomic mass is 32.2. The van der Waals surface area contributed by atoms with Crippen LogP contribution in [0.1, 0.15) is 13.3 Å². The third-order valence-electron chi connectivity index (χ3n) is 3.11. The molecule has 1 aliphatic rings. The number of aliphatic hydroxyl groups is 1. The van der Waals surface area contributed by atoms with Crippen LogP contribution in [0.4, 0.5) is 0 Å². The maximum absolute atomic E-state index is 12.2. The predicted octanol–water partition coefficient (Wildman–Crippen LogP) is 0.473. The first kappa shape index (κ1) is 12.5. The van der Waals surface area contributed by atoms with Gasteiger partial charge in [-0.1, -0.05) is 6.07 Å². The van der Waals surface area contributed by atoms with Gasteiger partial charge >= 0.3 is 0 Å². The fourth-order valence-electron chi connectivity index (χ4n) is 2.00. The maximum atomic E-state index is 12.2. The van der Waals surface area contributed by atoms with E-state index in [1.165, 1.54) is 16.6 Å². The predicted molar refractivity (Wildman–Crippen MR) is 62.8 cm³/mol. The lowest BCUT2D eigenvalue weighted by atomic mass is 10.0. The molecule has 1 saturated heterocycles. The van der Waals surface area contributed by atoms with Crippen LogP contribution in [0.15, 0.2) is 29.4 Å². The van der Waals surface area contributed by atoms with Gasteiger partial charge in [0.05, 0.1) is 6.10 Å². The van der Waals surface area contributed by atoms with E-state index in [2.05, 4.69) is 4.98 Å². The molecule has 1 fully saturated rings. The van der Waals surface area contributed by atoms with E-state index in [1.54, 1.807) is 19.1 Å². The third-order valence-corrected chi connectivity index (χ3v) is 4.89. The molecule has 1 N–H and O–H groups in total. The van der Waals surface area contributed by atoms with E-state index in [1.807, 2.05) is 0 Å². The molecule has 17 heavy (non-hydrogen) atoms. The van der Waals surface area contributed by atoms with Crippen molar-refractivity contribution in [1.82, 2.24) is 9.29 Å². The summed E-state index contributed by atoms with van der Waals surface area (Å²) in [5, 5.41) is 9.54. The Balaban J connectivity index is 2.19. The van der Waals surface area contributed by atoms with Gasteiger partial charge in [-0.2, -0.15) is 4.31 Å². The van der Waals surface area contributed by atoms with Crippen molar-refractivity contribution in [3.63, 3.8) is 0 Å². The third kappa shape index (κ3) is 2.48. The van der Waals surface area contributed by atoms with Gasteiger partial charge in [0.1, 0.15) is 0 Å². The van der Waals surface area contributed by atoms with Gasteiger partial charge in [0.2, 0.25) is 0 Å². The van der Waals surface area contributed by atoms with Gasteiger partial charge in [-0.25, -0.2) is 13.4 Å². The highest BCUT2D eigenvalue weighted by Gasteiger charge is 2.34. The van der Waals surface area contributed by atoms with E-state index in [-0.39, 0.29) is 10.9 Å². The molecular weight excluding hydrogens is 240 g/mol. The SMILES string of the molecule is CC(O)C1CCN(S(=O)(=O)c2ccccn2)C1. The molecule has 2 atom stereocenters. The summed E-state index contributed by atoms with van der Waals surface area (Å²) in [6, 6.07) is 4.83. The Morgan fingerprint density at radius 2 is 2.29 bits per heavy atom. The topological polar surface area (TPSA) is 70.5 Å². The van der Waals surface area contributed by atoms with Gasteiger partial charge in [-0.15, -0.1) is 0 Å². The molecule has 2 unspecified atom stereocenters. The minimum atomic E-state index is -3.49. The first-order valence-corrected chi connectivity index (χ1v) is 7.05. The Morgan fingerprint density at radius 3 is 2.82 bits per heavy atom. The first-order valence-electron chi connectivity index (χ1n) is 5.61. The Kier molecular flexibility index (Phi) is 3.46. The van der Waals surface area contributed by atoms with Gasteiger partial charge in [0.25, 0.3) is 10.0 Å². The zero-order valence-corrected chi connectivity index (χ0v) is 10.5. The molecule has 0 aromatic carbocycles. The lowest BCUT2D eigenvalue weighted by Crippen LogP contribution is -2.31. The van der Waals surface area contributed by atoms with E-state index in [9.17, 15) is 13.5 Å². The summed E-state index contributed by atoms with van der Waals surface area (Å²) in [4.78, 5) is 3.87. The zero-order chi connectivity index (χ0) is 12.5. The lowest BCUT2D eigenvalue weighted by molar-refractivity contribution is 0.133. The molecule has 2 heterocycles. The van der Waals surface area contributed by atoms with E-state index in [0.29, 0.717) is 19.5 Å². The van der Waals surface area contributed by atoms with E-state index in [0.717, 1.165) is 0 Å². The van der Waals surface area contributed by atoms with Gasteiger partial charge < -0.3 is 5.11 Å². The van der Waals surface area contributed by atoms with Crippen LogP contribution < -0.4 is 0 Å². The Morgan fingerprint density at radius 1 is 1.53 bits per heavy atom. The Labute approximate surface area is 101 Å². The summed E-state index contributed by atoms with van der Waals surface area (Å²) in [7, 11) is -3.49. The van der Waals surface area contributed by atoms with Crippen LogP contribution in [0.3, 0.4) is 0 Å². The number of pyridine rings is 1. The first-order chi connectivity index (χ1) is 8.01. The van der Waals surface area contributed by atoms with Crippen molar-refractivity contribution in [2.45, 2.75) is 24.5 Å². The standard InChI is InChI=1S/C11H16N2O3S/c1-9(14)10-5-7-13(8-10)17(15,16)11-4-2-3-6-12-11/h2-4,6,9-10,14H,5,7-8H2,1H3. The second-order valence-corrected chi connectivity index (χ2v) is 6.21. The molecule has 94 valence electrons.